The lowest BCUT2D eigenvalue weighted by Crippen LogP contribution is -2.22. The monoisotopic (exact) mass is 288 g/mol. The molecule has 0 aromatic carbocycles. The third-order valence-electron chi connectivity index (χ3n) is 2.04. The van der Waals surface area contributed by atoms with E-state index in [-0.39, 0.29) is 15.5 Å². The maximum Gasteiger partial charge on any atom is 0.333 e. The summed E-state index contributed by atoms with van der Waals surface area (Å²) in [6.07, 6.45) is 2.30. The molecule has 2 aromatic heterocycles. The van der Waals surface area contributed by atoms with Gasteiger partial charge < -0.3 is 0 Å². The zero-order valence-corrected chi connectivity index (χ0v) is 10.1. The first-order valence-corrected chi connectivity index (χ1v) is 5.80. The van der Waals surface area contributed by atoms with Gasteiger partial charge in [-0.1, -0.05) is 0 Å². The first kappa shape index (κ1) is 13.3. The molecule has 1 N–H and O–H groups in total. The minimum Gasteiger partial charge on any atom is -0.266 e. The SMILES string of the molecule is O=C(N/N=C/c1ccc(F)s1)c1ccnn1C(F)F. The van der Waals surface area contributed by atoms with E-state index in [0.29, 0.717) is 4.88 Å². The summed E-state index contributed by atoms with van der Waals surface area (Å²) in [7, 11) is 0. The van der Waals surface area contributed by atoms with Crippen LogP contribution in [0.25, 0.3) is 0 Å². The van der Waals surface area contributed by atoms with Crippen molar-refractivity contribution in [3.8, 4) is 0 Å². The summed E-state index contributed by atoms with van der Waals surface area (Å²) in [6, 6.07) is 3.86. The zero-order chi connectivity index (χ0) is 13.8. The molecule has 0 atom stereocenters. The fourth-order valence-corrected chi connectivity index (χ4v) is 1.86. The Morgan fingerprint density at radius 2 is 2.26 bits per heavy atom. The van der Waals surface area contributed by atoms with Gasteiger partial charge in [0, 0.05) is 6.20 Å². The van der Waals surface area contributed by atoms with Crippen molar-refractivity contribution in [2.75, 3.05) is 0 Å². The second kappa shape index (κ2) is 5.65. The molecule has 19 heavy (non-hydrogen) atoms. The fourth-order valence-electron chi connectivity index (χ4n) is 1.26. The zero-order valence-electron chi connectivity index (χ0n) is 9.26. The molecule has 0 bridgehead atoms. The summed E-state index contributed by atoms with van der Waals surface area (Å²) < 4.78 is 37.8. The average molecular weight is 288 g/mol. The molecular weight excluding hydrogens is 281 g/mol. The number of nitrogens with zero attached hydrogens (tertiary/aromatic N) is 3. The third-order valence-corrected chi connectivity index (χ3v) is 2.85. The molecule has 0 fully saturated rings. The predicted octanol–water partition coefficient (Wildman–Crippen LogP) is 2.24. The largest absolute Gasteiger partial charge is 0.333 e. The van der Waals surface area contributed by atoms with Gasteiger partial charge >= 0.3 is 6.55 Å². The van der Waals surface area contributed by atoms with Gasteiger partial charge in [0.1, 0.15) is 5.69 Å². The number of carbonyl (C=O) groups excluding carboxylic acids is 1. The van der Waals surface area contributed by atoms with Crippen LogP contribution in [-0.4, -0.2) is 21.9 Å². The van der Waals surface area contributed by atoms with E-state index in [9.17, 15) is 18.0 Å². The molecule has 0 radical (unpaired) electrons. The number of hydrogen-bond donors (Lipinski definition) is 1. The van der Waals surface area contributed by atoms with Crippen LogP contribution in [0.15, 0.2) is 29.5 Å². The van der Waals surface area contributed by atoms with Crippen LogP contribution in [0.2, 0.25) is 0 Å². The highest BCUT2D eigenvalue weighted by atomic mass is 32.1. The minimum absolute atomic E-state index is 0.273. The van der Waals surface area contributed by atoms with Crippen LogP contribution in [0.5, 0.6) is 0 Å². The molecule has 0 saturated carbocycles. The lowest BCUT2D eigenvalue weighted by Gasteiger charge is -2.03. The highest BCUT2D eigenvalue weighted by Crippen LogP contribution is 2.12. The molecule has 0 saturated heterocycles. The Labute approximate surface area is 109 Å². The van der Waals surface area contributed by atoms with E-state index in [1.165, 1.54) is 18.3 Å². The molecule has 1 amide bonds. The van der Waals surface area contributed by atoms with Gasteiger partial charge in [-0.15, -0.1) is 11.3 Å². The molecule has 0 spiro atoms. The van der Waals surface area contributed by atoms with Gasteiger partial charge in [-0.25, -0.2) is 5.43 Å². The standard InChI is InChI=1S/C10H7F3N4OS/c11-8-2-1-6(19-8)5-14-16-9(18)7-3-4-15-17(7)10(12)13/h1-5,10H,(H,16,18)/b14-5+. The molecule has 0 unspecified atom stereocenters. The summed E-state index contributed by atoms with van der Waals surface area (Å²) in [5.74, 6) is -0.828. The van der Waals surface area contributed by atoms with Crippen LogP contribution < -0.4 is 5.43 Å². The second-order valence-corrected chi connectivity index (χ2v) is 4.35. The number of rotatable bonds is 4. The van der Waals surface area contributed by atoms with E-state index in [0.717, 1.165) is 23.6 Å². The Kier molecular flexibility index (Phi) is 3.95. The van der Waals surface area contributed by atoms with E-state index in [4.69, 9.17) is 0 Å². The van der Waals surface area contributed by atoms with Crippen molar-refractivity contribution in [2.45, 2.75) is 6.55 Å². The average Bonchev–Trinajstić information content (AvgIpc) is 2.97. The van der Waals surface area contributed by atoms with Gasteiger partial charge in [0.25, 0.3) is 5.91 Å². The Morgan fingerprint density at radius 1 is 1.47 bits per heavy atom. The smallest absolute Gasteiger partial charge is 0.266 e. The van der Waals surface area contributed by atoms with Crippen molar-refractivity contribution in [2.24, 2.45) is 5.10 Å². The number of amides is 1. The van der Waals surface area contributed by atoms with Crippen LogP contribution in [0.1, 0.15) is 21.9 Å². The van der Waals surface area contributed by atoms with E-state index >= 15 is 0 Å². The molecule has 9 heteroatoms. The van der Waals surface area contributed by atoms with Gasteiger partial charge in [-0.05, 0) is 18.2 Å². The topological polar surface area (TPSA) is 59.3 Å². The summed E-state index contributed by atoms with van der Waals surface area (Å²) in [6.45, 7) is -2.91. The van der Waals surface area contributed by atoms with Gasteiger partial charge in [0.05, 0.1) is 11.1 Å². The quantitative estimate of drug-likeness (QED) is 0.693. The van der Waals surface area contributed by atoms with Gasteiger partial charge in [0.2, 0.25) is 0 Å². The lowest BCUT2D eigenvalue weighted by atomic mass is 10.4. The van der Waals surface area contributed by atoms with E-state index in [1.54, 1.807) is 0 Å². The van der Waals surface area contributed by atoms with Crippen molar-refractivity contribution in [3.05, 3.63) is 40.1 Å². The van der Waals surface area contributed by atoms with Crippen LogP contribution in [0.4, 0.5) is 13.2 Å². The summed E-state index contributed by atoms with van der Waals surface area (Å²) in [4.78, 5) is 12.0. The first-order chi connectivity index (χ1) is 9.08. The first-order valence-electron chi connectivity index (χ1n) is 4.98. The van der Waals surface area contributed by atoms with Crippen molar-refractivity contribution in [1.82, 2.24) is 15.2 Å². The Balaban J connectivity index is 2.01. The highest BCUT2D eigenvalue weighted by molar-refractivity contribution is 7.12. The molecule has 100 valence electrons. The number of halogens is 3. The van der Waals surface area contributed by atoms with Crippen LogP contribution in [0, 0.1) is 5.13 Å². The van der Waals surface area contributed by atoms with Crippen molar-refractivity contribution >= 4 is 23.5 Å². The van der Waals surface area contributed by atoms with E-state index in [2.05, 4.69) is 15.6 Å². The Morgan fingerprint density at radius 3 is 2.89 bits per heavy atom. The fraction of sp³-hybridized carbons (Fsp3) is 0.100. The number of carbonyl (C=O) groups is 1. The van der Waals surface area contributed by atoms with Crippen LogP contribution in [0.3, 0.4) is 0 Å². The Bertz CT molecular complexity index is 607. The van der Waals surface area contributed by atoms with Gasteiger partial charge in [0.15, 0.2) is 5.13 Å². The van der Waals surface area contributed by atoms with E-state index < -0.39 is 12.5 Å². The molecule has 2 heterocycles. The van der Waals surface area contributed by atoms with Gasteiger partial charge in [-0.2, -0.15) is 28.1 Å². The molecular formula is C10H7F3N4OS. The maximum atomic E-state index is 12.7. The lowest BCUT2D eigenvalue weighted by molar-refractivity contribution is 0.0510. The van der Waals surface area contributed by atoms with Crippen LogP contribution >= 0.6 is 11.3 Å². The van der Waals surface area contributed by atoms with Crippen molar-refractivity contribution < 1.29 is 18.0 Å². The van der Waals surface area contributed by atoms with Crippen LogP contribution in [-0.2, 0) is 0 Å². The Hall–Kier alpha value is -2.16. The second-order valence-electron chi connectivity index (χ2n) is 3.28. The number of hydrogen-bond acceptors (Lipinski definition) is 4. The number of aromatic nitrogens is 2. The predicted molar refractivity (Wildman–Crippen MR) is 62.8 cm³/mol. The van der Waals surface area contributed by atoms with Gasteiger partial charge in [-0.3, -0.25) is 4.79 Å². The number of nitrogens with one attached hydrogen (secondary N) is 1. The van der Waals surface area contributed by atoms with E-state index in [1.807, 2.05) is 0 Å². The normalized spacial score (nSPS) is 11.4. The number of alkyl halides is 2. The maximum absolute atomic E-state index is 12.7. The number of hydrazone groups is 1. The molecule has 2 aromatic rings. The van der Waals surface area contributed by atoms with Crippen molar-refractivity contribution in [1.29, 1.82) is 0 Å². The molecule has 0 aliphatic heterocycles. The molecule has 2 rings (SSSR count). The van der Waals surface area contributed by atoms with Crippen molar-refractivity contribution in [3.63, 3.8) is 0 Å². The molecule has 5 nitrogen and oxygen atoms in total. The molecule has 0 aliphatic rings. The highest BCUT2D eigenvalue weighted by Gasteiger charge is 2.17. The summed E-state index contributed by atoms with van der Waals surface area (Å²) in [5, 5.41) is 6.47. The minimum atomic E-state index is -2.91. The molecule has 0 aliphatic carbocycles. The summed E-state index contributed by atoms with van der Waals surface area (Å²) >= 11 is 0.840. The third kappa shape index (κ3) is 3.19. The number of thiophene rings is 1. The summed E-state index contributed by atoms with van der Waals surface area (Å²) in [5.41, 5.74) is 1.74.